The molecule has 0 aromatic heterocycles. The van der Waals surface area contributed by atoms with E-state index in [4.69, 9.17) is 0 Å². The quantitative estimate of drug-likeness (QED) is 0.272. The molecule has 0 N–H and O–H groups in total. The van der Waals surface area contributed by atoms with Crippen LogP contribution in [0.2, 0.25) is 0 Å². The van der Waals surface area contributed by atoms with Gasteiger partial charge in [0.05, 0.1) is 10.8 Å². The Morgan fingerprint density at radius 1 is 0.684 bits per heavy atom. The third kappa shape index (κ3) is 5.64. The second-order valence-corrected chi connectivity index (χ2v) is 11.3. The van der Waals surface area contributed by atoms with Crippen molar-refractivity contribution < 1.29 is 26.3 Å². The van der Waals surface area contributed by atoms with E-state index in [9.17, 15) is 26.3 Å². The minimum absolute atomic E-state index is 0.0536. The first-order valence-electron chi connectivity index (χ1n) is 14.1. The highest BCUT2D eigenvalue weighted by molar-refractivity contribution is 5.47. The van der Waals surface area contributed by atoms with Gasteiger partial charge in [0.25, 0.3) is 0 Å². The van der Waals surface area contributed by atoms with Gasteiger partial charge in [0.1, 0.15) is 0 Å². The first-order valence-corrected chi connectivity index (χ1v) is 14.1. The molecule has 38 heavy (non-hydrogen) atoms. The van der Waals surface area contributed by atoms with Crippen LogP contribution in [0.4, 0.5) is 26.3 Å². The zero-order valence-electron chi connectivity index (χ0n) is 22.2. The molecule has 2 aliphatic carbocycles. The first kappa shape index (κ1) is 29.0. The summed E-state index contributed by atoms with van der Waals surface area (Å²) in [5, 5.41) is 0. The standard InChI is InChI=1S/C31H39F6N/c1-2-21-38(23-24-12-4-3-5-13-24)22-11-14-25-26(28(30(32,33)34)17-6-7-18-28)15-10-16-27(25)29(31(35,36)37)19-8-9-20-29/h3-5,10,12-13,15-16H,2,6-9,11,14,17-23H2,1H3. The van der Waals surface area contributed by atoms with Gasteiger partial charge >= 0.3 is 12.4 Å². The minimum atomic E-state index is -4.50. The summed E-state index contributed by atoms with van der Waals surface area (Å²) in [5.74, 6) is 0. The molecule has 0 amide bonds. The molecule has 0 radical (unpaired) electrons. The zero-order chi connectivity index (χ0) is 27.4. The third-order valence-corrected chi connectivity index (χ3v) is 8.90. The van der Waals surface area contributed by atoms with Gasteiger partial charge < -0.3 is 0 Å². The molecule has 2 aliphatic rings. The number of alkyl halides is 6. The lowest BCUT2D eigenvalue weighted by Crippen LogP contribution is -2.44. The van der Waals surface area contributed by atoms with E-state index in [-0.39, 0.29) is 43.2 Å². The van der Waals surface area contributed by atoms with Crippen molar-refractivity contribution in [2.75, 3.05) is 13.1 Å². The maximum absolute atomic E-state index is 14.7. The molecule has 0 heterocycles. The van der Waals surface area contributed by atoms with Gasteiger partial charge in [-0.05, 0) is 80.3 Å². The van der Waals surface area contributed by atoms with Gasteiger partial charge in [0, 0.05) is 6.54 Å². The van der Waals surface area contributed by atoms with Gasteiger partial charge in [-0.25, -0.2) is 0 Å². The van der Waals surface area contributed by atoms with Crippen LogP contribution in [0.3, 0.4) is 0 Å². The van der Waals surface area contributed by atoms with Crippen LogP contribution in [-0.4, -0.2) is 30.3 Å². The summed E-state index contributed by atoms with van der Waals surface area (Å²) in [4.78, 5) is 2.25. The molecule has 4 rings (SSSR count). The van der Waals surface area contributed by atoms with Gasteiger partial charge in [0.2, 0.25) is 0 Å². The molecule has 0 unspecified atom stereocenters. The van der Waals surface area contributed by atoms with Gasteiger partial charge in [-0.1, -0.05) is 81.1 Å². The smallest absolute Gasteiger partial charge is 0.299 e. The highest BCUT2D eigenvalue weighted by Crippen LogP contribution is 2.57. The highest BCUT2D eigenvalue weighted by atomic mass is 19.4. The molecule has 2 aromatic rings. The van der Waals surface area contributed by atoms with Gasteiger partial charge in [-0.2, -0.15) is 26.3 Å². The summed E-state index contributed by atoms with van der Waals surface area (Å²) in [6, 6.07) is 14.4. The van der Waals surface area contributed by atoms with Crippen molar-refractivity contribution in [2.45, 2.75) is 107 Å². The Kier molecular flexibility index (Phi) is 8.85. The fraction of sp³-hybridized carbons (Fsp3) is 0.613. The van der Waals surface area contributed by atoms with E-state index in [0.29, 0.717) is 50.8 Å². The SMILES string of the molecule is CCCN(CCCc1c(C2(C(F)(F)F)CCCC2)cccc1C1(C(F)(F)F)CCCC1)Cc1ccccc1. The van der Waals surface area contributed by atoms with Crippen LogP contribution in [0.1, 0.15) is 93.4 Å². The summed E-state index contributed by atoms with van der Waals surface area (Å²) >= 11 is 0. The number of hydrogen-bond donors (Lipinski definition) is 0. The summed E-state index contributed by atoms with van der Waals surface area (Å²) in [7, 11) is 0. The number of hydrogen-bond acceptors (Lipinski definition) is 1. The maximum Gasteiger partial charge on any atom is 0.398 e. The van der Waals surface area contributed by atoms with E-state index in [1.54, 1.807) is 0 Å². The number of halogens is 6. The largest absolute Gasteiger partial charge is 0.398 e. The molecule has 0 atom stereocenters. The molecule has 0 spiro atoms. The second kappa shape index (κ2) is 11.6. The van der Waals surface area contributed by atoms with Crippen LogP contribution >= 0.6 is 0 Å². The summed E-state index contributed by atoms with van der Waals surface area (Å²) < 4.78 is 88.1. The average molecular weight is 540 g/mol. The molecule has 7 heteroatoms. The molecule has 2 saturated carbocycles. The zero-order valence-corrected chi connectivity index (χ0v) is 22.2. The first-order chi connectivity index (χ1) is 18.0. The molecular weight excluding hydrogens is 500 g/mol. The Morgan fingerprint density at radius 3 is 1.63 bits per heavy atom. The van der Waals surface area contributed by atoms with Gasteiger partial charge in [-0.3, -0.25) is 4.90 Å². The molecule has 2 fully saturated rings. The van der Waals surface area contributed by atoms with Gasteiger partial charge in [0.15, 0.2) is 0 Å². The second-order valence-electron chi connectivity index (χ2n) is 11.3. The molecule has 210 valence electrons. The summed E-state index contributed by atoms with van der Waals surface area (Å²) in [6.07, 6.45) is -5.81. The fourth-order valence-electron chi connectivity index (χ4n) is 7.03. The van der Waals surface area contributed by atoms with Crippen molar-refractivity contribution in [3.8, 4) is 0 Å². The normalized spacial score (nSPS) is 19.4. The number of nitrogens with zero attached hydrogens (tertiary/aromatic N) is 1. The van der Waals surface area contributed by atoms with Crippen molar-refractivity contribution in [1.82, 2.24) is 4.90 Å². The van der Waals surface area contributed by atoms with Crippen LogP contribution in [0, 0.1) is 0 Å². The van der Waals surface area contributed by atoms with E-state index < -0.39 is 23.2 Å². The number of benzene rings is 2. The predicted octanol–water partition coefficient (Wildman–Crippen LogP) is 9.28. The van der Waals surface area contributed by atoms with Crippen LogP contribution in [0.25, 0.3) is 0 Å². The molecule has 0 bridgehead atoms. The monoisotopic (exact) mass is 539 g/mol. The molecule has 2 aromatic carbocycles. The Labute approximate surface area is 222 Å². The molecular formula is C31H39F6N. The lowest BCUT2D eigenvalue weighted by molar-refractivity contribution is -0.191. The fourth-order valence-corrected chi connectivity index (χ4v) is 7.03. The van der Waals surface area contributed by atoms with E-state index in [2.05, 4.69) is 11.8 Å². The van der Waals surface area contributed by atoms with E-state index in [0.717, 1.165) is 18.5 Å². The minimum Gasteiger partial charge on any atom is -0.299 e. The summed E-state index contributed by atoms with van der Waals surface area (Å²) in [5.41, 5.74) is -2.47. The van der Waals surface area contributed by atoms with Crippen molar-refractivity contribution in [3.63, 3.8) is 0 Å². The van der Waals surface area contributed by atoms with Crippen LogP contribution in [0.5, 0.6) is 0 Å². The maximum atomic E-state index is 14.7. The van der Waals surface area contributed by atoms with E-state index in [1.807, 2.05) is 30.3 Å². The topological polar surface area (TPSA) is 3.24 Å². The Morgan fingerprint density at radius 2 is 1.18 bits per heavy atom. The third-order valence-electron chi connectivity index (χ3n) is 8.90. The van der Waals surface area contributed by atoms with Crippen molar-refractivity contribution >= 4 is 0 Å². The highest BCUT2D eigenvalue weighted by Gasteiger charge is 2.60. The Balaban J connectivity index is 1.72. The molecule has 0 aliphatic heterocycles. The van der Waals surface area contributed by atoms with E-state index in [1.165, 1.54) is 18.2 Å². The number of rotatable bonds is 10. The van der Waals surface area contributed by atoms with Crippen LogP contribution < -0.4 is 0 Å². The van der Waals surface area contributed by atoms with Crippen molar-refractivity contribution in [3.05, 3.63) is 70.8 Å². The Hall–Kier alpha value is -2.02. The Bertz CT molecular complexity index is 978. The lowest BCUT2D eigenvalue weighted by atomic mass is 9.69. The van der Waals surface area contributed by atoms with Crippen molar-refractivity contribution in [2.24, 2.45) is 0 Å². The predicted molar refractivity (Wildman–Crippen MR) is 139 cm³/mol. The van der Waals surface area contributed by atoms with E-state index >= 15 is 0 Å². The molecule has 1 nitrogen and oxygen atoms in total. The molecule has 0 saturated heterocycles. The lowest BCUT2D eigenvalue weighted by Gasteiger charge is -2.39. The van der Waals surface area contributed by atoms with Crippen molar-refractivity contribution in [1.29, 1.82) is 0 Å². The average Bonchev–Trinajstić information content (AvgIpc) is 3.56. The summed E-state index contributed by atoms with van der Waals surface area (Å²) in [6.45, 7) is 4.23. The van der Waals surface area contributed by atoms with Crippen LogP contribution in [-0.2, 0) is 23.8 Å². The van der Waals surface area contributed by atoms with Gasteiger partial charge in [-0.15, -0.1) is 0 Å². The van der Waals surface area contributed by atoms with Crippen LogP contribution in [0.15, 0.2) is 48.5 Å².